The zero-order chi connectivity index (χ0) is 21.6. The molecule has 0 aromatic heterocycles. The van der Waals surface area contributed by atoms with Gasteiger partial charge in [0.15, 0.2) is 0 Å². The molecule has 0 radical (unpaired) electrons. The highest BCUT2D eigenvalue weighted by atomic mass is 32.2. The zero-order valence-electron chi connectivity index (χ0n) is 16.6. The van der Waals surface area contributed by atoms with E-state index >= 15 is 0 Å². The Balaban J connectivity index is 1.38. The van der Waals surface area contributed by atoms with E-state index in [-0.39, 0.29) is 23.9 Å². The van der Waals surface area contributed by atoms with Crippen LogP contribution in [0.25, 0.3) is 0 Å². The van der Waals surface area contributed by atoms with E-state index in [1.54, 1.807) is 24.3 Å². The summed E-state index contributed by atoms with van der Waals surface area (Å²) in [4.78, 5) is 16.5. The summed E-state index contributed by atoms with van der Waals surface area (Å²) in [7, 11) is -2.06. The van der Waals surface area contributed by atoms with Crippen molar-refractivity contribution in [2.75, 3.05) is 13.7 Å². The van der Waals surface area contributed by atoms with Crippen LogP contribution in [0.2, 0.25) is 0 Å². The molecule has 0 saturated carbocycles. The molecule has 1 heterocycles. The molecule has 1 aliphatic rings. The molecular formula is C21H23FN2O5S. The van der Waals surface area contributed by atoms with Crippen molar-refractivity contribution in [3.05, 3.63) is 59.4 Å². The molecule has 1 N–H and O–H groups in total. The Morgan fingerprint density at radius 2 is 1.93 bits per heavy atom. The fourth-order valence-electron chi connectivity index (χ4n) is 3.09. The van der Waals surface area contributed by atoms with Crippen LogP contribution in [0.5, 0.6) is 5.75 Å². The molecule has 1 aliphatic heterocycles. The van der Waals surface area contributed by atoms with Crippen molar-refractivity contribution in [1.82, 2.24) is 4.72 Å². The molecule has 0 unspecified atom stereocenters. The Morgan fingerprint density at radius 1 is 1.13 bits per heavy atom. The number of ether oxygens (including phenoxy) is 2. The fourth-order valence-corrected chi connectivity index (χ4v) is 4.34. The number of sulfonamides is 1. The van der Waals surface area contributed by atoms with Crippen LogP contribution in [0.1, 0.15) is 36.8 Å². The predicted octanol–water partition coefficient (Wildman–Crippen LogP) is 3.18. The maximum Gasteiger partial charge on any atom is 0.306 e. The summed E-state index contributed by atoms with van der Waals surface area (Å²) in [5, 5.41) is 0. The van der Waals surface area contributed by atoms with Crippen molar-refractivity contribution in [3.8, 4) is 5.75 Å². The fraction of sp³-hybridized carbons (Fsp3) is 0.333. The number of fused-ring (bicyclic) bond motifs is 1. The van der Waals surface area contributed by atoms with Crippen molar-refractivity contribution in [1.29, 1.82) is 0 Å². The van der Waals surface area contributed by atoms with Gasteiger partial charge in [-0.15, -0.1) is 0 Å². The molecule has 0 bridgehead atoms. The second-order valence-electron chi connectivity index (χ2n) is 6.76. The number of aliphatic imine (C=N–C) groups is 1. The lowest BCUT2D eigenvalue weighted by Crippen LogP contribution is -2.22. The van der Waals surface area contributed by atoms with Gasteiger partial charge in [0.05, 0.1) is 12.0 Å². The zero-order valence-corrected chi connectivity index (χ0v) is 17.4. The van der Waals surface area contributed by atoms with Crippen LogP contribution in [0.15, 0.2) is 52.4 Å². The van der Waals surface area contributed by atoms with Crippen LogP contribution in [0, 0.1) is 5.82 Å². The average Bonchev–Trinajstić information content (AvgIpc) is 2.99. The molecule has 0 spiro atoms. The standard InChI is InChI=1S/C21H23FN2O5S/c1-28-18-11-10-16(22)13-15(18)14-29-20(25)9-3-2-6-12-23-21-17-7-4-5-8-19(17)30(26,27)24-21/h4-5,7-8,10-11,13H,2-3,6,9,12,14H2,1H3,(H,23,24). The average molecular weight is 434 g/mol. The van der Waals surface area contributed by atoms with Crippen LogP contribution >= 0.6 is 0 Å². The first-order chi connectivity index (χ1) is 14.4. The second kappa shape index (κ2) is 9.71. The maximum atomic E-state index is 13.3. The Labute approximate surface area is 175 Å². The Hall–Kier alpha value is -2.94. The molecule has 9 heteroatoms. The van der Waals surface area contributed by atoms with Crippen LogP contribution in [-0.2, 0) is 26.2 Å². The number of nitrogens with one attached hydrogen (secondary N) is 1. The monoisotopic (exact) mass is 434 g/mol. The summed E-state index contributed by atoms with van der Waals surface area (Å²) in [6.07, 6.45) is 2.30. The molecule has 2 aromatic rings. The normalized spacial score (nSPS) is 15.5. The molecule has 0 fully saturated rings. The van der Waals surface area contributed by atoms with Gasteiger partial charge in [0.1, 0.15) is 24.0 Å². The van der Waals surface area contributed by atoms with Gasteiger partial charge in [-0.2, -0.15) is 0 Å². The quantitative estimate of drug-likeness (QED) is 0.483. The number of rotatable bonds is 9. The van der Waals surface area contributed by atoms with Crippen molar-refractivity contribution >= 4 is 21.8 Å². The molecule has 0 amide bonds. The summed E-state index contributed by atoms with van der Waals surface area (Å²) in [5.74, 6) is 0.0298. The van der Waals surface area contributed by atoms with Gasteiger partial charge < -0.3 is 9.47 Å². The molecule has 2 aromatic carbocycles. The second-order valence-corrected chi connectivity index (χ2v) is 8.41. The summed E-state index contributed by atoms with van der Waals surface area (Å²) >= 11 is 0. The number of benzene rings is 2. The Morgan fingerprint density at radius 3 is 2.73 bits per heavy atom. The van der Waals surface area contributed by atoms with Crippen molar-refractivity contribution in [3.63, 3.8) is 0 Å². The molecular weight excluding hydrogens is 411 g/mol. The number of carbonyl (C=O) groups is 1. The maximum absolute atomic E-state index is 13.3. The highest BCUT2D eigenvalue weighted by molar-refractivity contribution is 7.90. The van der Waals surface area contributed by atoms with Crippen LogP contribution in [0.4, 0.5) is 4.39 Å². The van der Waals surface area contributed by atoms with Gasteiger partial charge >= 0.3 is 5.97 Å². The Bertz CT molecular complexity index is 1050. The van der Waals surface area contributed by atoms with E-state index in [1.807, 2.05) is 0 Å². The number of hydrogen-bond acceptors (Lipinski definition) is 6. The number of methoxy groups -OCH3 is 1. The number of unbranched alkanes of at least 4 members (excludes halogenated alkanes) is 2. The lowest BCUT2D eigenvalue weighted by atomic mass is 10.2. The molecule has 0 saturated heterocycles. The largest absolute Gasteiger partial charge is 0.496 e. The summed E-state index contributed by atoms with van der Waals surface area (Å²) < 4.78 is 50.1. The molecule has 30 heavy (non-hydrogen) atoms. The summed E-state index contributed by atoms with van der Waals surface area (Å²) in [6, 6.07) is 10.7. The summed E-state index contributed by atoms with van der Waals surface area (Å²) in [6.45, 7) is 0.398. The topological polar surface area (TPSA) is 94.1 Å². The van der Waals surface area contributed by atoms with Gasteiger partial charge in [0.2, 0.25) is 0 Å². The Kier molecular flexibility index (Phi) is 7.04. The molecule has 0 aliphatic carbocycles. The van der Waals surface area contributed by atoms with Gasteiger partial charge in [-0.05, 0) is 43.2 Å². The van der Waals surface area contributed by atoms with E-state index in [2.05, 4.69) is 9.71 Å². The van der Waals surface area contributed by atoms with Crippen molar-refractivity contribution in [2.45, 2.75) is 37.2 Å². The first kappa shape index (κ1) is 21.8. The first-order valence-corrected chi connectivity index (χ1v) is 11.0. The molecule has 3 rings (SSSR count). The molecule has 7 nitrogen and oxygen atoms in total. The van der Waals surface area contributed by atoms with Gasteiger partial charge in [-0.1, -0.05) is 18.6 Å². The van der Waals surface area contributed by atoms with Gasteiger partial charge in [-0.25, -0.2) is 12.8 Å². The van der Waals surface area contributed by atoms with Crippen LogP contribution in [0.3, 0.4) is 0 Å². The van der Waals surface area contributed by atoms with E-state index < -0.39 is 15.8 Å². The van der Waals surface area contributed by atoms with Gasteiger partial charge in [-0.3, -0.25) is 14.5 Å². The third-order valence-electron chi connectivity index (χ3n) is 4.60. The molecule has 160 valence electrons. The number of nitrogens with zero attached hydrogens (tertiary/aromatic N) is 1. The van der Waals surface area contributed by atoms with Gasteiger partial charge in [0, 0.05) is 24.1 Å². The van der Waals surface area contributed by atoms with Crippen molar-refractivity contribution < 1.29 is 27.1 Å². The third-order valence-corrected chi connectivity index (χ3v) is 6.00. The SMILES string of the molecule is COc1ccc(F)cc1COC(=O)CCCCCN=C1NS(=O)(=O)c2ccccc21. The van der Waals surface area contributed by atoms with E-state index in [0.29, 0.717) is 42.1 Å². The number of carbonyl (C=O) groups excluding carboxylic acids is 1. The minimum absolute atomic E-state index is 0.0486. The highest BCUT2D eigenvalue weighted by Gasteiger charge is 2.29. The number of esters is 1. The van der Waals surface area contributed by atoms with Crippen molar-refractivity contribution in [2.24, 2.45) is 4.99 Å². The van der Waals surface area contributed by atoms with Crippen LogP contribution in [-0.4, -0.2) is 33.9 Å². The van der Waals surface area contributed by atoms with Gasteiger partial charge in [0.25, 0.3) is 10.0 Å². The smallest absolute Gasteiger partial charge is 0.306 e. The predicted molar refractivity (Wildman–Crippen MR) is 109 cm³/mol. The van der Waals surface area contributed by atoms with E-state index in [9.17, 15) is 17.6 Å². The lowest BCUT2D eigenvalue weighted by molar-refractivity contribution is -0.145. The number of halogens is 1. The number of hydrogen-bond donors (Lipinski definition) is 1. The lowest BCUT2D eigenvalue weighted by Gasteiger charge is -2.09. The molecule has 0 atom stereocenters. The van der Waals surface area contributed by atoms with Crippen LogP contribution < -0.4 is 9.46 Å². The minimum atomic E-state index is -3.52. The summed E-state index contributed by atoms with van der Waals surface area (Å²) in [5.41, 5.74) is 1.05. The van der Waals surface area contributed by atoms with E-state index in [4.69, 9.17) is 9.47 Å². The minimum Gasteiger partial charge on any atom is -0.496 e. The number of amidine groups is 1. The van der Waals surface area contributed by atoms with E-state index in [1.165, 1.54) is 25.3 Å². The highest BCUT2D eigenvalue weighted by Crippen LogP contribution is 2.22. The third kappa shape index (κ3) is 5.35. The van der Waals surface area contributed by atoms with E-state index in [0.717, 1.165) is 6.42 Å². The first-order valence-electron chi connectivity index (χ1n) is 9.55.